The Kier molecular flexibility index (Phi) is 2.88. The zero-order valence-electron chi connectivity index (χ0n) is 9.18. The van der Waals surface area contributed by atoms with Crippen LogP contribution in [0.1, 0.15) is 6.42 Å². The van der Waals surface area contributed by atoms with Crippen LogP contribution in [0.2, 0.25) is 0 Å². The van der Waals surface area contributed by atoms with Crippen LogP contribution in [0.3, 0.4) is 0 Å². The molecule has 0 aromatic carbocycles. The summed E-state index contributed by atoms with van der Waals surface area (Å²) in [6.45, 7) is -0.644. The molecule has 1 N–H and O–H groups in total. The lowest BCUT2D eigenvalue weighted by atomic mass is 9.86. The molecule has 0 radical (unpaired) electrons. The van der Waals surface area contributed by atoms with E-state index in [0.717, 1.165) is 0 Å². The minimum Gasteiger partial charge on any atom is -0.481 e. The molecule has 0 bridgehead atoms. The number of carboxylic acids is 1. The van der Waals surface area contributed by atoms with Gasteiger partial charge in [-0.15, -0.1) is 0 Å². The fourth-order valence-electron chi connectivity index (χ4n) is 1.99. The topological polar surface area (TPSA) is 66.3 Å². The molecule has 0 amide bonds. The van der Waals surface area contributed by atoms with Crippen LogP contribution in [0.5, 0.6) is 0 Å². The summed E-state index contributed by atoms with van der Waals surface area (Å²) in [6.07, 6.45) is -1.20. The molecule has 18 heavy (non-hydrogen) atoms. The van der Waals surface area contributed by atoms with Gasteiger partial charge in [0, 0.05) is 25.5 Å². The average Bonchev–Trinajstić information content (AvgIpc) is 2.75. The van der Waals surface area contributed by atoms with Crippen LogP contribution >= 0.6 is 0 Å². The quantitative estimate of drug-likeness (QED) is 0.869. The molecule has 0 spiro atoms. The number of rotatable bonds is 2. The molecule has 1 unspecified atom stereocenters. The molecule has 1 atom stereocenters. The van der Waals surface area contributed by atoms with Gasteiger partial charge < -0.3 is 10.0 Å². The summed E-state index contributed by atoms with van der Waals surface area (Å²) in [5.41, 5.74) is -2.72. The van der Waals surface area contributed by atoms with Gasteiger partial charge in [0.05, 0.1) is 6.20 Å². The van der Waals surface area contributed by atoms with E-state index in [-0.39, 0.29) is 12.4 Å². The minimum atomic E-state index is -4.78. The Labute approximate surface area is 100 Å². The normalized spacial score (nSPS) is 24.3. The van der Waals surface area contributed by atoms with E-state index in [1.807, 2.05) is 0 Å². The van der Waals surface area contributed by atoms with E-state index in [2.05, 4.69) is 9.97 Å². The van der Waals surface area contributed by atoms with Crippen molar-refractivity contribution in [3.8, 4) is 0 Å². The first kappa shape index (κ1) is 12.6. The molecule has 98 valence electrons. The van der Waals surface area contributed by atoms with Crippen molar-refractivity contribution in [2.24, 2.45) is 5.41 Å². The average molecular weight is 261 g/mol. The SMILES string of the molecule is O=C(O)C1(C(F)(F)F)CCN(c2cnccn2)C1. The van der Waals surface area contributed by atoms with E-state index in [1.54, 1.807) is 0 Å². The van der Waals surface area contributed by atoms with E-state index < -0.39 is 30.5 Å². The van der Waals surface area contributed by atoms with Crippen molar-refractivity contribution in [3.05, 3.63) is 18.6 Å². The molecular weight excluding hydrogens is 251 g/mol. The van der Waals surface area contributed by atoms with Crippen LogP contribution < -0.4 is 4.90 Å². The molecule has 1 aromatic rings. The van der Waals surface area contributed by atoms with Gasteiger partial charge in [0.2, 0.25) is 0 Å². The van der Waals surface area contributed by atoms with E-state index in [1.165, 1.54) is 23.5 Å². The van der Waals surface area contributed by atoms with Gasteiger partial charge in [-0.1, -0.05) is 0 Å². The molecule has 0 aliphatic carbocycles. The van der Waals surface area contributed by atoms with Gasteiger partial charge >= 0.3 is 12.1 Å². The third-order valence-corrected chi connectivity index (χ3v) is 3.09. The van der Waals surface area contributed by atoms with Gasteiger partial charge in [0.15, 0.2) is 5.41 Å². The standard InChI is InChI=1S/C10H10F3N3O2/c11-10(12,13)9(8(17)18)1-4-16(6-9)7-5-14-2-3-15-7/h2-3,5H,1,4,6H2,(H,17,18). The first-order valence-corrected chi connectivity index (χ1v) is 5.18. The maximum Gasteiger partial charge on any atom is 0.406 e. The third kappa shape index (κ3) is 1.87. The molecule has 1 aromatic heterocycles. The highest BCUT2D eigenvalue weighted by Gasteiger charge is 2.63. The number of carbonyl (C=O) groups is 1. The Bertz CT molecular complexity index is 451. The molecule has 0 saturated carbocycles. The first-order valence-electron chi connectivity index (χ1n) is 5.18. The van der Waals surface area contributed by atoms with Crippen molar-refractivity contribution in [2.75, 3.05) is 18.0 Å². The summed E-state index contributed by atoms with van der Waals surface area (Å²) in [7, 11) is 0. The largest absolute Gasteiger partial charge is 0.481 e. The van der Waals surface area contributed by atoms with Crippen LogP contribution in [-0.2, 0) is 4.79 Å². The summed E-state index contributed by atoms with van der Waals surface area (Å²) >= 11 is 0. The highest BCUT2D eigenvalue weighted by Crippen LogP contribution is 2.46. The Hall–Kier alpha value is -1.86. The zero-order valence-corrected chi connectivity index (χ0v) is 9.18. The second-order valence-electron chi connectivity index (χ2n) is 4.12. The van der Waals surface area contributed by atoms with E-state index >= 15 is 0 Å². The van der Waals surface area contributed by atoms with Gasteiger partial charge in [0.1, 0.15) is 5.82 Å². The molecule has 1 aliphatic heterocycles. The monoisotopic (exact) mass is 261 g/mol. The number of hydrogen-bond acceptors (Lipinski definition) is 4. The number of halogens is 3. The van der Waals surface area contributed by atoms with Gasteiger partial charge in [-0.25, -0.2) is 4.98 Å². The summed E-state index contributed by atoms with van der Waals surface area (Å²) < 4.78 is 38.7. The van der Waals surface area contributed by atoms with E-state index in [4.69, 9.17) is 5.11 Å². The number of hydrogen-bond donors (Lipinski definition) is 1. The number of anilines is 1. The minimum absolute atomic E-state index is 0.00942. The predicted octanol–water partition coefficient (Wildman–Crippen LogP) is 1.32. The molecule has 1 fully saturated rings. The smallest absolute Gasteiger partial charge is 0.406 e. The molecule has 2 rings (SSSR count). The molecular formula is C10H10F3N3O2. The first-order chi connectivity index (χ1) is 8.37. The van der Waals surface area contributed by atoms with Gasteiger partial charge in [-0.2, -0.15) is 13.2 Å². The third-order valence-electron chi connectivity index (χ3n) is 3.09. The number of aliphatic carboxylic acids is 1. The summed E-state index contributed by atoms with van der Waals surface area (Å²) in [5.74, 6) is -1.59. The zero-order chi connectivity index (χ0) is 13.4. The van der Waals surface area contributed by atoms with Crippen LogP contribution in [0, 0.1) is 5.41 Å². The maximum absolute atomic E-state index is 12.9. The lowest BCUT2D eigenvalue weighted by Crippen LogP contribution is -2.47. The second kappa shape index (κ2) is 4.11. The Morgan fingerprint density at radius 1 is 1.44 bits per heavy atom. The lowest BCUT2D eigenvalue weighted by Gasteiger charge is -2.27. The summed E-state index contributed by atoms with van der Waals surface area (Å²) in [4.78, 5) is 19.9. The summed E-state index contributed by atoms with van der Waals surface area (Å²) in [6, 6.07) is 0. The summed E-state index contributed by atoms with van der Waals surface area (Å²) in [5, 5.41) is 8.88. The van der Waals surface area contributed by atoms with Gasteiger partial charge in [-0.3, -0.25) is 9.78 Å². The fourth-order valence-corrected chi connectivity index (χ4v) is 1.99. The molecule has 2 heterocycles. The van der Waals surface area contributed by atoms with Crippen LogP contribution in [0.15, 0.2) is 18.6 Å². The van der Waals surface area contributed by atoms with Crippen molar-refractivity contribution in [3.63, 3.8) is 0 Å². The molecule has 1 aliphatic rings. The van der Waals surface area contributed by atoms with Crippen molar-refractivity contribution < 1.29 is 23.1 Å². The van der Waals surface area contributed by atoms with Gasteiger partial charge in [-0.05, 0) is 6.42 Å². The number of alkyl halides is 3. The fraction of sp³-hybridized carbons (Fsp3) is 0.500. The van der Waals surface area contributed by atoms with Crippen LogP contribution in [0.4, 0.5) is 19.0 Å². The van der Waals surface area contributed by atoms with Crippen LogP contribution in [-0.4, -0.2) is 40.3 Å². The van der Waals surface area contributed by atoms with Crippen molar-refractivity contribution in [1.82, 2.24) is 9.97 Å². The van der Waals surface area contributed by atoms with Crippen molar-refractivity contribution in [2.45, 2.75) is 12.6 Å². The van der Waals surface area contributed by atoms with E-state index in [9.17, 15) is 18.0 Å². The Balaban J connectivity index is 2.28. The number of carboxylic acid groups (broad SMARTS) is 1. The maximum atomic E-state index is 12.9. The molecule has 1 saturated heterocycles. The van der Waals surface area contributed by atoms with Crippen molar-refractivity contribution in [1.29, 1.82) is 0 Å². The van der Waals surface area contributed by atoms with E-state index in [0.29, 0.717) is 0 Å². The highest BCUT2D eigenvalue weighted by molar-refractivity contribution is 5.77. The number of nitrogens with zero attached hydrogens (tertiary/aromatic N) is 3. The molecule has 5 nitrogen and oxygen atoms in total. The predicted molar refractivity (Wildman–Crippen MR) is 55.0 cm³/mol. The lowest BCUT2D eigenvalue weighted by molar-refractivity contribution is -0.225. The Morgan fingerprint density at radius 3 is 2.61 bits per heavy atom. The van der Waals surface area contributed by atoms with Gasteiger partial charge in [0.25, 0.3) is 0 Å². The van der Waals surface area contributed by atoms with Crippen LogP contribution in [0.25, 0.3) is 0 Å². The highest BCUT2D eigenvalue weighted by atomic mass is 19.4. The number of aromatic nitrogens is 2. The van der Waals surface area contributed by atoms with Crippen molar-refractivity contribution >= 4 is 11.8 Å². The Morgan fingerprint density at radius 2 is 2.17 bits per heavy atom. The second-order valence-corrected chi connectivity index (χ2v) is 4.12. The molecule has 8 heteroatoms.